The Morgan fingerprint density at radius 3 is 2.56 bits per heavy atom. The zero-order valence-electron chi connectivity index (χ0n) is 15.1. The summed E-state index contributed by atoms with van der Waals surface area (Å²) in [4.78, 5) is 13.4. The van der Waals surface area contributed by atoms with Crippen LogP contribution < -0.4 is 5.32 Å². The number of ether oxygens (including phenoxy) is 1. The molecular formula is C19H22N2O4S2. The Kier molecular flexibility index (Phi) is 6.54. The minimum absolute atomic E-state index is 0.174. The van der Waals surface area contributed by atoms with Crippen molar-refractivity contribution in [2.75, 3.05) is 37.4 Å². The average Bonchev–Trinajstić information content (AvgIpc) is 2.68. The molecular weight excluding hydrogens is 384 g/mol. The molecule has 144 valence electrons. The number of anilines is 1. The van der Waals surface area contributed by atoms with Crippen LogP contribution in [0.2, 0.25) is 0 Å². The van der Waals surface area contributed by atoms with Crippen molar-refractivity contribution >= 4 is 33.4 Å². The largest absolute Gasteiger partial charge is 0.379 e. The van der Waals surface area contributed by atoms with Crippen molar-refractivity contribution in [3.63, 3.8) is 0 Å². The van der Waals surface area contributed by atoms with Gasteiger partial charge in [0, 0.05) is 23.7 Å². The van der Waals surface area contributed by atoms with Gasteiger partial charge in [0.2, 0.25) is 15.9 Å². The normalized spacial score (nSPS) is 15.4. The van der Waals surface area contributed by atoms with Gasteiger partial charge in [-0.05, 0) is 37.3 Å². The summed E-state index contributed by atoms with van der Waals surface area (Å²) in [6.07, 6.45) is 0. The van der Waals surface area contributed by atoms with Crippen molar-refractivity contribution in [1.82, 2.24) is 4.31 Å². The Hall–Kier alpha value is -1.87. The van der Waals surface area contributed by atoms with Gasteiger partial charge in [0.05, 0.1) is 23.9 Å². The minimum atomic E-state index is -3.58. The number of rotatable bonds is 6. The molecule has 27 heavy (non-hydrogen) atoms. The van der Waals surface area contributed by atoms with Crippen LogP contribution in [0.25, 0.3) is 0 Å². The highest BCUT2D eigenvalue weighted by molar-refractivity contribution is 8.00. The average molecular weight is 407 g/mol. The smallest absolute Gasteiger partial charge is 0.243 e. The predicted molar refractivity (Wildman–Crippen MR) is 107 cm³/mol. The van der Waals surface area contributed by atoms with E-state index in [0.717, 1.165) is 4.90 Å². The SMILES string of the molecule is Cc1ccc(SCC(=O)Nc2cccc(S(=O)(=O)N3CCOCC3)c2)cc1. The van der Waals surface area contributed by atoms with E-state index in [2.05, 4.69) is 5.32 Å². The van der Waals surface area contributed by atoms with Crippen LogP contribution in [0.5, 0.6) is 0 Å². The predicted octanol–water partition coefficient (Wildman–Crippen LogP) is 2.75. The van der Waals surface area contributed by atoms with Gasteiger partial charge in [-0.2, -0.15) is 4.31 Å². The standard InChI is InChI=1S/C19H22N2O4S2/c1-15-5-7-17(8-6-15)26-14-19(22)20-16-3-2-4-18(13-16)27(23,24)21-9-11-25-12-10-21/h2-8,13H,9-12,14H2,1H3,(H,20,22). The zero-order valence-corrected chi connectivity index (χ0v) is 16.7. The van der Waals surface area contributed by atoms with Gasteiger partial charge < -0.3 is 10.1 Å². The third kappa shape index (κ3) is 5.32. The minimum Gasteiger partial charge on any atom is -0.379 e. The summed E-state index contributed by atoms with van der Waals surface area (Å²) in [7, 11) is -3.58. The molecule has 0 aromatic heterocycles. The molecule has 2 aromatic rings. The molecule has 1 aliphatic rings. The molecule has 8 heteroatoms. The molecule has 0 saturated carbocycles. The van der Waals surface area contributed by atoms with Gasteiger partial charge in [0.15, 0.2) is 0 Å². The topological polar surface area (TPSA) is 75.7 Å². The fourth-order valence-electron chi connectivity index (χ4n) is 2.65. The summed E-state index contributed by atoms with van der Waals surface area (Å²) in [6, 6.07) is 14.3. The van der Waals surface area contributed by atoms with E-state index in [-0.39, 0.29) is 16.6 Å². The van der Waals surface area contributed by atoms with E-state index in [0.29, 0.717) is 32.0 Å². The quantitative estimate of drug-likeness (QED) is 0.747. The maximum Gasteiger partial charge on any atom is 0.243 e. The van der Waals surface area contributed by atoms with Gasteiger partial charge in [-0.25, -0.2) is 8.42 Å². The molecule has 0 bridgehead atoms. The first-order valence-corrected chi connectivity index (χ1v) is 11.0. The van der Waals surface area contributed by atoms with Crippen LogP contribution in [0.4, 0.5) is 5.69 Å². The molecule has 0 radical (unpaired) electrons. The molecule has 1 fully saturated rings. The monoisotopic (exact) mass is 406 g/mol. The van der Waals surface area contributed by atoms with Gasteiger partial charge in [-0.3, -0.25) is 4.79 Å². The molecule has 0 spiro atoms. The summed E-state index contributed by atoms with van der Waals surface area (Å²) in [6.45, 7) is 3.48. The van der Waals surface area contributed by atoms with Crippen molar-refractivity contribution < 1.29 is 17.9 Å². The number of nitrogens with one attached hydrogen (secondary N) is 1. The molecule has 0 aliphatic carbocycles. The van der Waals surface area contributed by atoms with Crippen molar-refractivity contribution in [3.05, 3.63) is 54.1 Å². The number of amides is 1. The number of morpholine rings is 1. The van der Waals surface area contributed by atoms with E-state index < -0.39 is 10.0 Å². The summed E-state index contributed by atoms with van der Waals surface area (Å²) in [5.74, 6) is 0.0743. The van der Waals surface area contributed by atoms with E-state index >= 15 is 0 Å². The molecule has 1 saturated heterocycles. The Balaban J connectivity index is 1.63. The lowest BCUT2D eigenvalue weighted by Gasteiger charge is -2.26. The van der Waals surface area contributed by atoms with Gasteiger partial charge in [-0.15, -0.1) is 11.8 Å². The molecule has 0 atom stereocenters. The molecule has 6 nitrogen and oxygen atoms in total. The molecule has 2 aromatic carbocycles. The van der Waals surface area contributed by atoms with Crippen LogP contribution in [-0.4, -0.2) is 50.7 Å². The highest BCUT2D eigenvalue weighted by atomic mass is 32.2. The number of aryl methyl sites for hydroxylation is 1. The zero-order chi connectivity index (χ0) is 19.3. The lowest BCUT2D eigenvalue weighted by Crippen LogP contribution is -2.40. The van der Waals surface area contributed by atoms with Gasteiger partial charge in [0.1, 0.15) is 0 Å². The summed E-state index contributed by atoms with van der Waals surface area (Å²) in [5, 5.41) is 2.77. The molecule has 1 N–H and O–H groups in total. The molecule has 1 heterocycles. The van der Waals surface area contributed by atoms with Crippen LogP contribution in [0.3, 0.4) is 0 Å². The number of nitrogens with zero attached hydrogens (tertiary/aromatic N) is 1. The highest BCUT2D eigenvalue weighted by Gasteiger charge is 2.26. The molecule has 1 amide bonds. The summed E-state index contributed by atoms with van der Waals surface area (Å²) in [5.41, 5.74) is 1.64. The van der Waals surface area contributed by atoms with E-state index in [1.54, 1.807) is 18.2 Å². The third-order valence-electron chi connectivity index (χ3n) is 4.12. The fraction of sp³-hybridized carbons (Fsp3) is 0.316. The van der Waals surface area contributed by atoms with Crippen LogP contribution in [0, 0.1) is 6.92 Å². The van der Waals surface area contributed by atoms with Crippen molar-refractivity contribution in [3.8, 4) is 0 Å². The first kappa shape index (κ1) is 19.9. The van der Waals surface area contributed by atoms with Gasteiger partial charge >= 0.3 is 0 Å². The second-order valence-electron chi connectivity index (χ2n) is 6.19. The van der Waals surface area contributed by atoms with Crippen molar-refractivity contribution in [1.29, 1.82) is 0 Å². The van der Waals surface area contributed by atoms with Crippen LogP contribution in [-0.2, 0) is 19.6 Å². The number of hydrogen-bond acceptors (Lipinski definition) is 5. The molecule has 1 aliphatic heterocycles. The van der Waals surface area contributed by atoms with E-state index in [1.807, 2.05) is 31.2 Å². The first-order valence-electron chi connectivity index (χ1n) is 8.62. The molecule has 0 unspecified atom stereocenters. The number of benzene rings is 2. The van der Waals surface area contributed by atoms with Crippen LogP contribution in [0.1, 0.15) is 5.56 Å². The lowest BCUT2D eigenvalue weighted by atomic mass is 10.2. The van der Waals surface area contributed by atoms with E-state index in [4.69, 9.17) is 4.74 Å². The Bertz CT molecular complexity index is 892. The maximum absolute atomic E-state index is 12.7. The van der Waals surface area contributed by atoms with Gasteiger partial charge in [0.25, 0.3) is 0 Å². The van der Waals surface area contributed by atoms with Crippen molar-refractivity contribution in [2.45, 2.75) is 16.7 Å². The van der Waals surface area contributed by atoms with Crippen LogP contribution in [0.15, 0.2) is 58.3 Å². The Morgan fingerprint density at radius 1 is 1.15 bits per heavy atom. The third-order valence-corrected chi connectivity index (χ3v) is 7.02. The van der Waals surface area contributed by atoms with E-state index in [1.165, 1.54) is 27.7 Å². The first-order chi connectivity index (χ1) is 12.9. The number of carbonyl (C=O) groups excluding carboxylic acids is 1. The second-order valence-corrected chi connectivity index (χ2v) is 9.18. The lowest BCUT2D eigenvalue weighted by molar-refractivity contribution is -0.113. The highest BCUT2D eigenvalue weighted by Crippen LogP contribution is 2.22. The Labute approximate surface area is 164 Å². The number of thioether (sulfide) groups is 1. The maximum atomic E-state index is 12.7. The fourth-order valence-corrected chi connectivity index (χ4v) is 4.80. The number of carbonyl (C=O) groups is 1. The van der Waals surface area contributed by atoms with Gasteiger partial charge in [-0.1, -0.05) is 23.8 Å². The number of sulfonamides is 1. The number of hydrogen-bond donors (Lipinski definition) is 1. The summed E-state index contributed by atoms with van der Waals surface area (Å²) < 4.78 is 32.1. The molecule has 3 rings (SSSR count). The van der Waals surface area contributed by atoms with Crippen molar-refractivity contribution in [2.24, 2.45) is 0 Å². The van der Waals surface area contributed by atoms with E-state index in [9.17, 15) is 13.2 Å². The van der Waals surface area contributed by atoms with Crippen LogP contribution >= 0.6 is 11.8 Å². The second kappa shape index (κ2) is 8.88. The summed E-state index contributed by atoms with van der Waals surface area (Å²) >= 11 is 1.44. The Morgan fingerprint density at radius 2 is 1.85 bits per heavy atom.